The number of anilines is 1. The SMILES string of the molecule is O=C(O)C(F)=Cc1ccc(N[C@@H]2CCCN(Cc3ccccc3)C2)nc1. The minimum atomic E-state index is -1.58. The summed E-state index contributed by atoms with van der Waals surface area (Å²) in [6.45, 7) is 2.95. The summed E-state index contributed by atoms with van der Waals surface area (Å²) in [5.41, 5.74) is 1.73. The van der Waals surface area contributed by atoms with Crippen LogP contribution in [0.15, 0.2) is 54.5 Å². The smallest absolute Gasteiger partial charge is 0.364 e. The number of rotatable bonds is 6. The Kier molecular flexibility index (Phi) is 5.96. The first-order valence-corrected chi connectivity index (χ1v) is 8.69. The molecular formula is C20H22FN3O2. The standard InChI is InChI=1S/C20H22FN3O2/c21-18(20(25)26)11-16-8-9-19(22-12-16)23-17-7-4-10-24(14-17)13-15-5-2-1-3-6-15/h1-3,5-6,8-9,11-12,17H,4,7,10,13-14H2,(H,22,23)(H,25,26)/t17-/m1/s1. The zero-order valence-electron chi connectivity index (χ0n) is 14.4. The van der Waals surface area contributed by atoms with Crippen LogP contribution in [0.25, 0.3) is 6.08 Å². The van der Waals surface area contributed by atoms with E-state index in [0.717, 1.165) is 38.6 Å². The number of halogens is 1. The summed E-state index contributed by atoms with van der Waals surface area (Å²) in [5.74, 6) is -2.06. The molecule has 2 aromatic rings. The highest BCUT2D eigenvalue weighted by Crippen LogP contribution is 2.18. The van der Waals surface area contributed by atoms with Crippen LogP contribution in [0.5, 0.6) is 0 Å². The van der Waals surface area contributed by atoms with Gasteiger partial charge in [0.1, 0.15) is 5.82 Å². The van der Waals surface area contributed by atoms with Gasteiger partial charge in [0.2, 0.25) is 5.83 Å². The summed E-state index contributed by atoms with van der Waals surface area (Å²) in [6.07, 6.45) is 4.62. The molecule has 2 N–H and O–H groups in total. The molecule has 0 saturated carbocycles. The summed E-state index contributed by atoms with van der Waals surface area (Å²) in [6, 6.07) is 14.1. The molecule has 1 atom stereocenters. The number of carboxylic acid groups (broad SMARTS) is 1. The molecule has 1 aliphatic rings. The number of benzene rings is 1. The third-order valence-electron chi connectivity index (χ3n) is 4.39. The summed E-state index contributed by atoms with van der Waals surface area (Å²) in [7, 11) is 0. The highest BCUT2D eigenvalue weighted by Gasteiger charge is 2.20. The van der Waals surface area contributed by atoms with E-state index >= 15 is 0 Å². The van der Waals surface area contributed by atoms with Gasteiger partial charge in [0.25, 0.3) is 0 Å². The summed E-state index contributed by atoms with van der Waals surface area (Å²) in [5, 5.41) is 12.0. The van der Waals surface area contributed by atoms with Crippen LogP contribution in [0.2, 0.25) is 0 Å². The number of likely N-dealkylation sites (tertiary alicyclic amines) is 1. The second-order valence-electron chi connectivity index (χ2n) is 6.48. The number of carbonyl (C=O) groups is 1. The molecule has 0 unspecified atom stereocenters. The van der Waals surface area contributed by atoms with E-state index in [1.165, 1.54) is 11.8 Å². The Labute approximate surface area is 152 Å². The van der Waals surface area contributed by atoms with Gasteiger partial charge in [-0.2, -0.15) is 4.39 Å². The molecule has 0 radical (unpaired) electrons. The molecule has 1 saturated heterocycles. The van der Waals surface area contributed by atoms with Crippen molar-refractivity contribution in [2.75, 3.05) is 18.4 Å². The van der Waals surface area contributed by atoms with Crippen LogP contribution in [0.1, 0.15) is 24.0 Å². The normalized spacial score (nSPS) is 18.5. The van der Waals surface area contributed by atoms with Gasteiger partial charge in [0, 0.05) is 25.3 Å². The van der Waals surface area contributed by atoms with Crippen molar-refractivity contribution < 1.29 is 14.3 Å². The minimum absolute atomic E-state index is 0.303. The zero-order valence-corrected chi connectivity index (χ0v) is 14.4. The molecule has 1 aromatic carbocycles. The first kappa shape index (κ1) is 18.1. The molecule has 3 rings (SSSR count). The fraction of sp³-hybridized carbons (Fsp3) is 0.300. The van der Waals surface area contributed by atoms with Gasteiger partial charge in [-0.15, -0.1) is 0 Å². The lowest BCUT2D eigenvalue weighted by Crippen LogP contribution is -2.41. The number of nitrogens with zero attached hydrogens (tertiary/aromatic N) is 2. The number of aliphatic carboxylic acids is 1. The Morgan fingerprint density at radius 3 is 2.81 bits per heavy atom. The van der Waals surface area contributed by atoms with E-state index in [1.54, 1.807) is 12.1 Å². The molecule has 0 aliphatic carbocycles. The van der Waals surface area contributed by atoms with Crippen molar-refractivity contribution in [1.82, 2.24) is 9.88 Å². The maximum Gasteiger partial charge on any atom is 0.364 e. The quantitative estimate of drug-likeness (QED) is 0.776. The number of pyridine rings is 1. The van der Waals surface area contributed by atoms with Crippen molar-refractivity contribution in [3.05, 3.63) is 65.6 Å². The molecule has 1 aliphatic heterocycles. The predicted molar refractivity (Wildman–Crippen MR) is 99.3 cm³/mol. The number of carboxylic acids is 1. The third-order valence-corrected chi connectivity index (χ3v) is 4.39. The summed E-state index contributed by atoms with van der Waals surface area (Å²) in [4.78, 5) is 17.2. The van der Waals surface area contributed by atoms with Crippen LogP contribution in [-0.2, 0) is 11.3 Å². The molecule has 136 valence electrons. The van der Waals surface area contributed by atoms with Gasteiger partial charge in [-0.1, -0.05) is 30.3 Å². The Morgan fingerprint density at radius 2 is 2.12 bits per heavy atom. The summed E-state index contributed by atoms with van der Waals surface area (Å²) < 4.78 is 13.1. The van der Waals surface area contributed by atoms with Crippen molar-refractivity contribution in [3.8, 4) is 0 Å². The Morgan fingerprint density at radius 1 is 1.31 bits per heavy atom. The van der Waals surface area contributed by atoms with Crippen LogP contribution in [0, 0.1) is 0 Å². The molecule has 1 aromatic heterocycles. The van der Waals surface area contributed by atoms with Crippen molar-refractivity contribution in [1.29, 1.82) is 0 Å². The van der Waals surface area contributed by atoms with Gasteiger partial charge in [-0.3, -0.25) is 4.90 Å². The highest BCUT2D eigenvalue weighted by molar-refractivity contribution is 5.89. The molecule has 0 spiro atoms. The Balaban J connectivity index is 1.56. The van der Waals surface area contributed by atoms with E-state index in [0.29, 0.717) is 17.4 Å². The van der Waals surface area contributed by atoms with Crippen LogP contribution < -0.4 is 5.32 Å². The second-order valence-corrected chi connectivity index (χ2v) is 6.48. The molecule has 1 fully saturated rings. The molecule has 0 bridgehead atoms. The second kappa shape index (κ2) is 8.58. The van der Waals surface area contributed by atoms with Crippen LogP contribution in [0.4, 0.5) is 10.2 Å². The van der Waals surface area contributed by atoms with Gasteiger partial charge in [0.05, 0.1) is 0 Å². The van der Waals surface area contributed by atoms with E-state index in [1.807, 2.05) is 6.07 Å². The van der Waals surface area contributed by atoms with E-state index in [2.05, 4.69) is 39.5 Å². The number of aromatic nitrogens is 1. The minimum Gasteiger partial charge on any atom is -0.476 e. The fourth-order valence-corrected chi connectivity index (χ4v) is 3.15. The average Bonchev–Trinajstić information content (AvgIpc) is 2.64. The molecule has 2 heterocycles. The molecule has 26 heavy (non-hydrogen) atoms. The van der Waals surface area contributed by atoms with Crippen molar-refractivity contribution in [2.45, 2.75) is 25.4 Å². The van der Waals surface area contributed by atoms with Gasteiger partial charge in [-0.05, 0) is 48.7 Å². The topological polar surface area (TPSA) is 65.5 Å². The van der Waals surface area contributed by atoms with E-state index in [4.69, 9.17) is 5.11 Å². The van der Waals surface area contributed by atoms with Crippen molar-refractivity contribution in [2.24, 2.45) is 0 Å². The largest absolute Gasteiger partial charge is 0.476 e. The maximum atomic E-state index is 13.1. The van der Waals surface area contributed by atoms with Crippen molar-refractivity contribution >= 4 is 17.9 Å². The summed E-state index contributed by atoms with van der Waals surface area (Å²) >= 11 is 0. The lowest BCUT2D eigenvalue weighted by atomic mass is 10.0. The first-order chi connectivity index (χ1) is 12.6. The first-order valence-electron chi connectivity index (χ1n) is 8.69. The maximum absolute atomic E-state index is 13.1. The van der Waals surface area contributed by atoms with Gasteiger partial charge in [0.15, 0.2) is 0 Å². The fourth-order valence-electron chi connectivity index (χ4n) is 3.15. The van der Waals surface area contributed by atoms with Crippen LogP contribution >= 0.6 is 0 Å². The van der Waals surface area contributed by atoms with E-state index in [-0.39, 0.29) is 0 Å². The van der Waals surface area contributed by atoms with Crippen LogP contribution in [0.3, 0.4) is 0 Å². The van der Waals surface area contributed by atoms with Crippen LogP contribution in [-0.4, -0.2) is 40.1 Å². The number of hydrogen-bond donors (Lipinski definition) is 2. The number of hydrogen-bond acceptors (Lipinski definition) is 4. The van der Waals surface area contributed by atoms with Gasteiger partial charge < -0.3 is 10.4 Å². The monoisotopic (exact) mass is 355 g/mol. The van der Waals surface area contributed by atoms with Gasteiger partial charge >= 0.3 is 5.97 Å². The highest BCUT2D eigenvalue weighted by atomic mass is 19.1. The van der Waals surface area contributed by atoms with E-state index < -0.39 is 11.8 Å². The number of piperidine rings is 1. The molecule has 0 amide bonds. The lowest BCUT2D eigenvalue weighted by molar-refractivity contribution is -0.134. The zero-order chi connectivity index (χ0) is 18.4. The van der Waals surface area contributed by atoms with Gasteiger partial charge in [-0.25, -0.2) is 9.78 Å². The predicted octanol–water partition coefficient (Wildman–Crippen LogP) is 3.55. The lowest BCUT2D eigenvalue weighted by Gasteiger charge is -2.33. The molecule has 5 nitrogen and oxygen atoms in total. The Hall–Kier alpha value is -2.73. The average molecular weight is 355 g/mol. The molecule has 6 heteroatoms. The molecular weight excluding hydrogens is 333 g/mol. The third kappa shape index (κ3) is 5.13. The number of nitrogens with one attached hydrogen (secondary N) is 1. The van der Waals surface area contributed by atoms with Crippen molar-refractivity contribution in [3.63, 3.8) is 0 Å². The Bertz CT molecular complexity index is 762. The van der Waals surface area contributed by atoms with E-state index in [9.17, 15) is 9.18 Å².